The number of aliphatic hydroxyl groups is 1. The molecule has 0 saturated carbocycles. The number of anilines is 5. The number of piperazine rings is 1. The van der Waals surface area contributed by atoms with E-state index in [0.29, 0.717) is 36.2 Å². The summed E-state index contributed by atoms with van der Waals surface area (Å²) in [5.41, 5.74) is 6.99. The van der Waals surface area contributed by atoms with Gasteiger partial charge in [-0.25, -0.2) is 4.98 Å². The zero-order valence-corrected chi connectivity index (χ0v) is 41.4. The molecule has 18 nitrogen and oxygen atoms in total. The molecule has 5 atom stereocenters. The number of nitrogens with one attached hydrogen (secondary N) is 2. The fraction of sp³-hybridized carbons (Fsp3) is 0.528. The van der Waals surface area contributed by atoms with Gasteiger partial charge in [0.2, 0.25) is 11.8 Å². The van der Waals surface area contributed by atoms with Crippen molar-refractivity contribution < 1.29 is 29.1 Å². The highest BCUT2D eigenvalue weighted by Gasteiger charge is 2.46. The first-order valence-corrected chi connectivity index (χ1v) is 25.6. The summed E-state index contributed by atoms with van der Waals surface area (Å²) in [6.45, 7) is 14.9. The van der Waals surface area contributed by atoms with E-state index in [9.17, 15) is 33.9 Å². The van der Waals surface area contributed by atoms with Crippen molar-refractivity contribution in [2.75, 3.05) is 65.8 Å². The van der Waals surface area contributed by atoms with Gasteiger partial charge in [0.15, 0.2) is 0 Å². The van der Waals surface area contributed by atoms with Crippen LogP contribution in [0.3, 0.4) is 0 Å². The third-order valence-electron chi connectivity index (χ3n) is 16.5. The second-order valence-corrected chi connectivity index (χ2v) is 21.8. The highest BCUT2D eigenvalue weighted by molar-refractivity contribution is 6.23. The Morgan fingerprint density at radius 2 is 1.55 bits per heavy atom. The number of carbonyl (C=O) groups is 5. The Morgan fingerprint density at radius 3 is 2.28 bits per heavy atom. The third-order valence-corrected chi connectivity index (χ3v) is 16.5. The lowest BCUT2D eigenvalue weighted by Gasteiger charge is -2.49. The Bertz CT molecular complexity index is 2880. The molecule has 4 fully saturated rings. The van der Waals surface area contributed by atoms with E-state index in [0.717, 1.165) is 105 Å². The first-order valence-electron chi connectivity index (χ1n) is 25.6. The largest absolute Gasteiger partial charge is 0.391 e. The number of aliphatic hydroxyl groups excluding tert-OH is 1. The van der Waals surface area contributed by atoms with Crippen LogP contribution in [-0.4, -0.2) is 146 Å². The molecule has 71 heavy (non-hydrogen) atoms. The molecule has 1 unspecified atom stereocenters. The van der Waals surface area contributed by atoms with Crippen molar-refractivity contribution in [1.29, 1.82) is 0 Å². The number of hydrogen-bond acceptors (Lipinski definition) is 13. The smallest absolute Gasteiger partial charge is 0.274 e. The topological polar surface area (TPSA) is 189 Å². The van der Waals surface area contributed by atoms with Crippen LogP contribution in [0.1, 0.15) is 109 Å². The van der Waals surface area contributed by atoms with E-state index in [1.807, 2.05) is 41.6 Å². The van der Waals surface area contributed by atoms with Crippen molar-refractivity contribution in [3.8, 4) is 0 Å². The highest BCUT2D eigenvalue weighted by Crippen LogP contribution is 2.41. The zero-order chi connectivity index (χ0) is 49.6. The van der Waals surface area contributed by atoms with Crippen molar-refractivity contribution >= 4 is 58.1 Å². The molecule has 0 bridgehead atoms. The molecule has 4 aromatic rings. The van der Waals surface area contributed by atoms with Gasteiger partial charge in [0.05, 0.1) is 46.9 Å². The average Bonchev–Trinajstić information content (AvgIpc) is 3.94. The van der Waals surface area contributed by atoms with Gasteiger partial charge >= 0.3 is 0 Å². The van der Waals surface area contributed by atoms with Crippen LogP contribution in [0.5, 0.6) is 0 Å². The van der Waals surface area contributed by atoms with E-state index in [4.69, 9.17) is 4.98 Å². The number of aryl methyl sites for hydroxylation is 1. The molecule has 3 N–H and O–H groups in total. The van der Waals surface area contributed by atoms with E-state index in [1.54, 1.807) is 30.7 Å². The molecule has 7 aliphatic rings. The van der Waals surface area contributed by atoms with Crippen LogP contribution in [0.4, 0.5) is 28.6 Å². The van der Waals surface area contributed by atoms with Crippen LogP contribution in [0.2, 0.25) is 0 Å². The van der Waals surface area contributed by atoms with Crippen LogP contribution in [0, 0.1) is 5.41 Å². The van der Waals surface area contributed by atoms with E-state index < -0.39 is 35.8 Å². The van der Waals surface area contributed by atoms with Crippen LogP contribution in [0.25, 0.3) is 0 Å². The van der Waals surface area contributed by atoms with Gasteiger partial charge in [0, 0.05) is 95.5 Å². The molecular weight excluding hydrogens is 903 g/mol. The van der Waals surface area contributed by atoms with Gasteiger partial charge < -0.3 is 39.2 Å². The molecule has 374 valence electrons. The van der Waals surface area contributed by atoms with Crippen LogP contribution < -0.4 is 30.9 Å². The van der Waals surface area contributed by atoms with Crippen molar-refractivity contribution in [1.82, 2.24) is 34.1 Å². The number of fused-ring (bicyclic) bond motifs is 4. The van der Waals surface area contributed by atoms with E-state index in [1.165, 1.54) is 11.3 Å². The monoisotopic (exact) mass is 968 g/mol. The summed E-state index contributed by atoms with van der Waals surface area (Å²) in [6.07, 6.45) is 8.64. The van der Waals surface area contributed by atoms with Gasteiger partial charge in [-0.15, -0.1) is 0 Å². The summed E-state index contributed by atoms with van der Waals surface area (Å²) in [6, 6.07) is 12.3. The third kappa shape index (κ3) is 8.35. The quantitative estimate of drug-likeness (QED) is 0.205. The van der Waals surface area contributed by atoms with Crippen LogP contribution in [0.15, 0.2) is 59.7 Å². The number of hydrogen-bond donors (Lipinski definition) is 3. The Hall–Kier alpha value is -6.53. The number of amides is 5. The number of carbonyl (C=O) groups excluding carboxylic acids is 5. The fourth-order valence-corrected chi connectivity index (χ4v) is 13.0. The number of aromatic nitrogens is 3. The van der Waals surface area contributed by atoms with Gasteiger partial charge in [0.1, 0.15) is 23.2 Å². The number of pyridine rings is 2. The lowest BCUT2D eigenvalue weighted by molar-refractivity contribution is -0.136. The van der Waals surface area contributed by atoms with Gasteiger partial charge in [-0.3, -0.25) is 43.9 Å². The van der Waals surface area contributed by atoms with Gasteiger partial charge in [-0.1, -0.05) is 13.8 Å². The van der Waals surface area contributed by atoms with Crippen LogP contribution in [-0.2, 0) is 36.0 Å². The Balaban J connectivity index is 0.707. The van der Waals surface area contributed by atoms with Crippen molar-refractivity contribution in [3.63, 3.8) is 0 Å². The Morgan fingerprint density at radius 1 is 0.789 bits per heavy atom. The maximum atomic E-state index is 14.2. The van der Waals surface area contributed by atoms with Crippen molar-refractivity contribution in [2.24, 2.45) is 12.5 Å². The SMILES string of the molecule is C[C@@H](O)[C@@H]1[C@H](N2CCn3c(cc4c3CC(C)(C)C4)C2=O)CCCN1c1cc(Nc2ccc(N3CCN(C4CCN(c5ccc6c(c5)C(=O)N(C5CCC(=O)NC5=O)C6=O)CC4)C[C@@H]3C)cn2)c(=O)n(C)c1. The first kappa shape index (κ1) is 46.8. The maximum absolute atomic E-state index is 14.2. The molecular formula is C53H65N11O7. The summed E-state index contributed by atoms with van der Waals surface area (Å²) in [7, 11) is 1.74. The minimum absolute atomic E-state index is 0.0330. The number of piperidine rings is 3. The summed E-state index contributed by atoms with van der Waals surface area (Å²) < 4.78 is 3.81. The molecule has 4 saturated heterocycles. The molecule has 11 rings (SSSR count). The number of imide groups is 2. The predicted molar refractivity (Wildman–Crippen MR) is 268 cm³/mol. The Labute approximate surface area is 413 Å². The lowest BCUT2D eigenvalue weighted by atomic mass is 9.89. The molecule has 6 aliphatic heterocycles. The summed E-state index contributed by atoms with van der Waals surface area (Å²) in [4.78, 5) is 96.0. The Kier molecular flexibility index (Phi) is 11.8. The molecule has 0 radical (unpaired) electrons. The molecule has 9 heterocycles. The number of rotatable bonds is 9. The predicted octanol–water partition coefficient (Wildman–Crippen LogP) is 3.91. The van der Waals surface area contributed by atoms with Crippen molar-refractivity contribution in [3.05, 3.63) is 93.3 Å². The summed E-state index contributed by atoms with van der Waals surface area (Å²) >= 11 is 0. The molecule has 18 heteroatoms. The first-order chi connectivity index (χ1) is 34.0. The van der Waals surface area contributed by atoms with E-state index in [2.05, 4.69) is 61.6 Å². The van der Waals surface area contributed by atoms with E-state index >= 15 is 0 Å². The minimum atomic E-state index is -0.989. The normalized spacial score (nSPS) is 25.4. The number of nitrogens with zero attached hydrogens (tertiary/aromatic N) is 9. The standard InChI is InChI=1S/C53H65N11O7/c1-31-29-59(34-14-17-58(18-15-34)35-8-10-38-39(24-35)50(69)64(49(38)68)42-11-13-46(66)56-48(42)67)19-20-60(31)36-9-12-45(54-28-36)55-40-25-37(30-57(5)51(40)70)61-16-6-7-41(47(61)32(2)65)63-22-21-62-43(52(63)71)23-33-26-53(3,4)27-44(33)62/h8-10,12,23-25,28,30-32,34,41-42,47,65H,6-7,11,13-22,26-27,29H2,1-5H3,(H,54,55)(H,56,66,67)/t31-,32+,41+,42?,47+/m0/s1. The number of benzene rings is 1. The summed E-state index contributed by atoms with van der Waals surface area (Å²) in [5.74, 6) is -1.42. The van der Waals surface area contributed by atoms with E-state index in [-0.39, 0.29) is 53.4 Å². The molecule has 1 aliphatic carbocycles. The van der Waals surface area contributed by atoms with Gasteiger partial charge in [-0.05, 0) is 112 Å². The second-order valence-electron chi connectivity index (χ2n) is 21.8. The minimum Gasteiger partial charge on any atom is -0.391 e. The van der Waals surface area contributed by atoms with Crippen LogP contribution >= 0.6 is 0 Å². The molecule has 3 aromatic heterocycles. The maximum Gasteiger partial charge on any atom is 0.274 e. The average molecular weight is 968 g/mol. The van der Waals surface area contributed by atoms with Gasteiger partial charge in [-0.2, -0.15) is 0 Å². The van der Waals surface area contributed by atoms with Crippen molar-refractivity contribution in [2.45, 2.75) is 122 Å². The molecule has 5 amide bonds. The highest BCUT2D eigenvalue weighted by atomic mass is 16.3. The molecule has 0 spiro atoms. The summed E-state index contributed by atoms with van der Waals surface area (Å²) in [5, 5.41) is 17.0. The lowest BCUT2D eigenvalue weighted by Crippen LogP contribution is -2.62. The van der Waals surface area contributed by atoms with Gasteiger partial charge in [0.25, 0.3) is 23.3 Å². The second kappa shape index (κ2) is 17.9. The zero-order valence-electron chi connectivity index (χ0n) is 41.4. The molecule has 1 aromatic carbocycles. The fourth-order valence-electron chi connectivity index (χ4n) is 13.0.